The summed E-state index contributed by atoms with van der Waals surface area (Å²) in [6.45, 7) is 5.32. The van der Waals surface area contributed by atoms with Crippen molar-refractivity contribution in [3.63, 3.8) is 0 Å². The first-order valence-corrected chi connectivity index (χ1v) is 15.6. The fourth-order valence-corrected chi connectivity index (χ4v) is 5.80. The van der Waals surface area contributed by atoms with Gasteiger partial charge in [-0.1, -0.05) is 6.07 Å². The van der Waals surface area contributed by atoms with Crippen molar-refractivity contribution in [1.82, 2.24) is 24.8 Å². The third-order valence-corrected chi connectivity index (χ3v) is 8.27. The summed E-state index contributed by atoms with van der Waals surface area (Å²) >= 11 is 0. The first-order chi connectivity index (χ1) is 23.5. The molecule has 7 rings (SSSR count). The average molecular weight is 661 g/mol. The van der Waals surface area contributed by atoms with E-state index in [0.717, 1.165) is 0 Å². The minimum absolute atomic E-state index is 0.260. The Morgan fingerprint density at radius 1 is 0.980 bits per heavy atom. The maximum Gasteiger partial charge on any atom is 0.420 e. The molecule has 0 bridgehead atoms. The van der Waals surface area contributed by atoms with Gasteiger partial charge in [0.05, 0.1) is 18.2 Å². The smallest absolute Gasteiger partial charge is 0.420 e. The van der Waals surface area contributed by atoms with Gasteiger partial charge in [-0.3, -0.25) is 4.79 Å². The van der Waals surface area contributed by atoms with Crippen LogP contribution in [-0.4, -0.2) is 44.2 Å². The maximum absolute atomic E-state index is 14.0. The zero-order valence-electron chi connectivity index (χ0n) is 27.3. The van der Waals surface area contributed by atoms with E-state index in [0.29, 0.717) is 74.6 Å². The van der Waals surface area contributed by atoms with Crippen LogP contribution in [0.2, 0.25) is 0 Å². The van der Waals surface area contributed by atoms with Gasteiger partial charge < -0.3 is 24.9 Å². The van der Waals surface area contributed by atoms with Crippen molar-refractivity contribution >= 4 is 28.7 Å². The lowest BCUT2D eigenvalue weighted by Crippen LogP contribution is -2.36. The third kappa shape index (κ3) is 5.97. The predicted octanol–water partition coefficient (Wildman–Crippen LogP) is 7.35. The highest BCUT2D eigenvalue weighted by atomic mass is 19.1. The standard InChI is InChI=1S/C37H33FN6O5/c1-36(2,3)49-35(46)44-17-16-40-32(44)30-25-19-24(27(39)20-29(25)48-31(30)21-6-9-23(38)10-7-21)22-8-11-28(47-4)26(18-22)33(45)43-37(12-13-37)34-41-14-5-15-42-34/h5-11,14-20H,12-13,39H2,1-4H3,(H,43,45). The van der Waals surface area contributed by atoms with E-state index < -0.39 is 23.1 Å². The number of amides is 1. The van der Waals surface area contributed by atoms with Crippen LogP contribution in [0.25, 0.3) is 44.8 Å². The molecule has 1 amide bonds. The van der Waals surface area contributed by atoms with E-state index in [1.807, 2.05) is 12.1 Å². The number of rotatable bonds is 7. The molecule has 49 heavy (non-hydrogen) atoms. The number of anilines is 1. The van der Waals surface area contributed by atoms with Crippen LogP contribution >= 0.6 is 0 Å². The van der Waals surface area contributed by atoms with Gasteiger partial charge in [-0.05, 0) is 87.7 Å². The van der Waals surface area contributed by atoms with E-state index >= 15 is 0 Å². The highest BCUT2D eigenvalue weighted by molar-refractivity contribution is 6.06. The summed E-state index contributed by atoms with van der Waals surface area (Å²) in [6.07, 6.45) is 7.11. The molecule has 0 saturated heterocycles. The summed E-state index contributed by atoms with van der Waals surface area (Å²) in [6, 6.07) is 16.3. The Kier molecular flexibility index (Phi) is 7.65. The Morgan fingerprint density at radius 3 is 2.37 bits per heavy atom. The molecule has 0 atom stereocenters. The van der Waals surface area contributed by atoms with Gasteiger partial charge in [-0.25, -0.2) is 28.7 Å². The molecule has 1 saturated carbocycles. The van der Waals surface area contributed by atoms with Crippen LogP contribution in [0.1, 0.15) is 49.8 Å². The van der Waals surface area contributed by atoms with Gasteiger partial charge in [0, 0.05) is 53.1 Å². The van der Waals surface area contributed by atoms with Gasteiger partial charge in [0.2, 0.25) is 0 Å². The Bertz CT molecular complexity index is 2220. The number of hydrogen-bond acceptors (Lipinski definition) is 9. The maximum atomic E-state index is 14.0. The number of furan rings is 1. The molecule has 3 heterocycles. The lowest BCUT2D eigenvalue weighted by molar-refractivity contribution is 0.0539. The van der Waals surface area contributed by atoms with Crippen molar-refractivity contribution in [3.05, 3.63) is 103 Å². The van der Waals surface area contributed by atoms with Crippen LogP contribution in [-0.2, 0) is 10.3 Å². The normalized spacial score (nSPS) is 13.7. The molecule has 3 N–H and O–H groups in total. The van der Waals surface area contributed by atoms with Crippen LogP contribution < -0.4 is 15.8 Å². The topological polar surface area (TPSA) is 147 Å². The van der Waals surface area contributed by atoms with Crippen LogP contribution in [0, 0.1) is 5.82 Å². The molecule has 1 aliphatic rings. The summed E-state index contributed by atoms with van der Waals surface area (Å²) in [5.74, 6) is 0.803. The van der Waals surface area contributed by atoms with E-state index in [9.17, 15) is 14.0 Å². The zero-order chi connectivity index (χ0) is 34.5. The molecule has 0 aliphatic heterocycles. The largest absolute Gasteiger partial charge is 0.496 e. The number of methoxy groups -OCH3 is 1. The second-order valence-electron chi connectivity index (χ2n) is 12.9. The molecule has 12 heteroatoms. The first-order valence-electron chi connectivity index (χ1n) is 15.6. The molecule has 248 valence electrons. The Morgan fingerprint density at radius 2 is 1.69 bits per heavy atom. The third-order valence-electron chi connectivity index (χ3n) is 8.27. The molecule has 6 aromatic rings. The number of nitrogens with two attached hydrogens (primary N) is 1. The monoisotopic (exact) mass is 660 g/mol. The van der Waals surface area contributed by atoms with Crippen molar-refractivity contribution in [2.75, 3.05) is 12.8 Å². The fraction of sp³-hybridized carbons (Fsp3) is 0.216. The first kappa shape index (κ1) is 31.6. The SMILES string of the molecule is COc1ccc(-c2cc3c(-c4nccn4C(=O)OC(C)(C)C)c(-c4ccc(F)cc4)oc3cc2N)cc1C(=O)NC1(c2ncccn2)CC1. The van der Waals surface area contributed by atoms with Gasteiger partial charge in [0.25, 0.3) is 5.91 Å². The van der Waals surface area contributed by atoms with E-state index in [1.165, 1.54) is 36.2 Å². The second kappa shape index (κ2) is 11.9. The van der Waals surface area contributed by atoms with E-state index in [4.69, 9.17) is 19.6 Å². The molecule has 11 nitrogen and oxygen atoms in total. The number of carbonyl (C=O) groups is 2. The summed E-state index contributed by atoms with van der Waals surface area (Å²) in [7, 11) is 1.50. The van der Waals surface area contributed by atoms with Crippen molar-refractivity contribution in [2.45, 2.75) is 44.8 Å². The van der Waals surface area contributed by atoms with Gasteiger partial charge in [-0.15, -0.1) is 0 Å². The molecule has 0 spiro atoms. The number of aromatic nitrogens is 4. The fourth-order valence-electron chi connectivity index (χ4n) is 5.80. The number of nitrogens with zero attached hydrogens (tertiary/aromatic N) is 4. The molecule has 3 aromatic heterocycles. The molecule has 1 fully saturated rings. The molecular formula is C37H33FN6O5. The molecule has 0 radical (unpaired) electrons. The van der Waals surface area contributed by atoms with Gasteiger partial charge in [0.15, 0.2) is 11.6 Å². The molecule has 1 aliphatic carbocycles. The summed E-state index contributed by atoms with van der Waals surface area (Å²) in [5, 5.41) is 3.69. The highest BCUT2D eigenvalue weighted by Gasteiger charge is 2.48. The number of halogens is 1. The number of nitrogens with one attached hydrogen (secondary N) is 1. The number of ether oxygens (including phenoxy) is 2. The van der Waals surface area contributed by atoms with Gasteiger partial charge >= 0.3 is 6.09 Å². The number of nitrogen functional groups attached to an aromatic ring is 1. The second-order valence-corrected chi connectivity index (χ2v) is 12.9. The van der Waals surface area contributed by atoms with E-state index in [-0.39, 0.29) is 11.7 Å². The van der Waals surface area contributed by atoms with Gasteiger partial charge in [0.1, 0.15) is 34.0 Å². The van der Waals surface area contributed by atoms with Crippen molar-refractivity contribution in [1.29, 1.82) is 0 Å². The lowest BCUT2D eigenvalue weighted by atomic mass is 9.97. The van der Waals surface area contributed by atoms with Crippen molar-refractivity contribution in [2.24, 2.45) is 0 Å². The molecule has 3 aromatic carbocycles. The Labute approximate surface area is 280 Å². The molecule has 0 unspecified atom stereocenters. The molecular weight excluding hydrogens is 627 g/mol. The Balaban J connectivity index is 1.36. The number of benzene rings is 3. The van der Waals surface area contributed by atoms with Crippen LogP contribution in [0.4, 0.5) is 14.9 Å². The number of hydrogen-bond donors (Lipinski definition) is 2. The number of carbonyl (C=O) groups excluding carboxylic acids is 2. The minimum atomic E-state index is -0.760. The summed E-state index contributed by atoms with van der Waals surface area (Å²) in [4.78, 5) is 40.3. The summed E-state index contributed by atoms with van der Waals surface area (Å²) < 4.78 is 32.9. The van der Waals surface area contributed by atoms with E-state index in [1.54, 1.807) is 69.6 Å². The minimum Gasteiger partial charge on any atom is -0.496 e. The van der Waals surface area contributed by atoms with Crippen LogP contribution in [0.3, 0.4) is 0 Å². The van der Waals surface area contributed by atoms with Crippen LogP contribution in [0.15, 0.2) is 89.9 Å². The average Bonchev–Trinajstić information content (AvgIpc) is 3.53. The highest BCUT2D eigenvalue weighted by Crippen LogP contribution is 2.46. The lowest BCUT2D eigenvalue weighted by Gasteiger charge is -2.20. The number of fused-ring (bicyclic) bond motifs is 1. The van der Waals surface area contributed by atoms with Crippen molar-refractivity contribution in [3.8, 4) is 39.6 Å². The van der Waals surface area contributed by atoms with E-state index in [2.05, 4.69) is 20.3 Å². The van der Waals surface area contributed by atoms with Crippen molar-refractivity contribution < 1.29 is 27.9 Å². The van der Waals surface area contributed by atoms with Gasteiger partial charge in [-0.2, -0.15) is 0 Å². The number of imidazole rings is 1. The zero-order valence-corrected chi connectivity index (χ0v) is 27.3. The summed E-state index contributed by atoms with van der Waals surface area (Å²) in [5.41, 5.74) is 8.60. The Hall–Kier alpha value is -6.04. The quantitative estimate of drug-likeness (QED) is 0.168. The van der Waals surface area contributed by atoms with Crippen LogP contribution in [0.5, 0.6) is 5.75 Å². The predicted molar refractivity (Wildman–Crippen MR) is 181 cm³/mol.